The summed E-state index contributed by atoms with van der Waals surface area (Å²) in [6.07, 6.45) is 1.71. The molecule has 1 nitrogen and oxygen atoms in total. The van der Waals surface area contributed by atoms with Crippen LogP contribution in [0.3, 0.4) is 0 Å². The summed E-state index contributed by atoms with van der Waals surface area (Å²) in [5.41, 5.74) is 1.85. The monoisotopic (exact) mass is 299 g/mol. The molecule has 3 heteroatoms. The lowest BCUT2D eigenvalue weighted by molar-refractivity contribution is 0.505. The molecule has 0 aromatic heterocycles. The van der Waals surface area contributed by atoms with Crippen molar-refractivity contribution in [1.82, 2.24) is 5.32 Å². The lowest BCUT2D eigenvalue weighted by Gasteiger charge is -2.20. The van der Waals surface area contributed by atoms with Gasteiger partial charge in [0.25, 0.3) is 0 Å². The lowest BCUT2D eigenvalue weighted by Crippen LogP contribution is -2.22. The molecule has 1 unspecified atom stereocenters. The predicted octanol–water partition coefficient (Wildman–Crippen LogP) is 4.60. The highest BCUT2D eigenvalue weighted by Gasteiger charge is 2.15. The fourth-order valence-corrected chi connectivity index (χ4v) is 2.09. The molecule has 1 atom stereocenters. The first-order valence-corrected chi connectivity index (χ1v) is 6.72. The summed E-state index contributed by atoms with van der Waals surface area (Å²) in [4.78, 5) is 0. The molecule has 17 heavy (non-hydrogen) atoms. The normalized spacial score (nSPS) is 12.5. The minimum Gasteiger partial charge on any atom is -0.310 e. The number of rotatable bonds is 6. The van der Waals surface area contributed by atoms with Crippen molar-refractivity contribution < 1.29 is 4.39 Å². The second kappa shape index (κ2) is 6.92. The van der Waals surface area contributed by atoms with Gasteiger partial charge < -0.3 is 5.32 Å². The van der Waals surface area contributed by atoms with E-state index in [2.05, 4.69) is 34.7 Å². The summed E-state index contributed by atoms with van der Waals surface area (Å²) >= 11 is 3.27. The maximum Gasteiger partial charge on any atom is 0.129 e. The van der Waals surface area contributed by atoms with E-state index in [1.165, 1.54) is 6.07 Å². The molecule has 0 amide bonds. The fourth-order valence-electron chi connectivity index (χ4n) is 1.76. The molecule has 1 aromatic carbocycles. The van der Waals surface area contributed by atoms with Crippen LogP contribution in [0.1, 0.15) is 38.3 Å². The Kier molecular flexibility index (Phi) is 5.86. The van der Waals surface area contributed by atoms with Crippen LogP contribution >= 0.6 is 15.9 Å². The van der Waals surface area contributed by atoms with Crippen molar-refractivity contribution in [2.75, 3.05) is 6.54 Å². The van der Waals surface area contributed by atoms with Crippen molar-refractivity contribution in [2.24, 2.45) is 0 Å². The molecule has 1 aromatic rings. The molecule has 0 saturated heterocycles. The Balaban J connectivity index is 2.92. The molecule has 0 heterocycles. The lowest BCUT2D eigenvalue weighted by atomic mass is 9.98. The van der Waals surface area contributed by atoms with Gasteiger partial charge in [0.2, 0.25) is 0 Å². The highest BCUT2D eigenvalue weighted by molar-refractivity contribution is 9.10. The molecule has 1 N–H and O–H groups in total. The SMILES string of the molecule is C=C(CC)CC(NCC)c1ccc(Br)cc1F. The number of hydrogen-bond donors (Lipinski definition) is 1. The van der Waals surface area contributed by atoms with Crippen LogP contribution in [0.2, 0.25) is 0 Å². The van der Waals surface area contributed by atoms with E-state index >= 15 is 0 Å². The Hall–Kier alpha value is -0.670. The van der Waals surface area contributed by atoms with E-state index in [0.717, 1.165) is 29.4 Å². The highest BCUT2D eigenvalue weighted by Crippen LogP contribution is 2.26. The van der Waals surface area contributed by atoms with Gasteiger partial charge in [0.15, 0.2) is 0 Å². The van der Waals surface area contributed by atoms with Crippen LogP contribution < -0.4 is 5.32 Å². The predicted molar refractivity (Wildman–Crippen MR) is 74.6 cm³/mol. The topological polar surface area (TPSA) is 12.0 Å². The zero-order valence-electron chi connectivity index (χ0n) is 10.4. The van der Waals surface area contributed by atoms with Crippen LogP contribution in [-0.4, -0.2) is 6.54 Å². The average Bonchev–Trinajstić information content (AvgIpc) is 2.28. The van der Waals surface area contributed by atoms with Gasteiger partial charge in [0.05, 0.1) is 0 Å². The molecule has 0 aliphatic heterocycles. The van der Waals surface area contributed by atoms with Crippen LogP contribution in [0, 0.1) is 5.82 Å². The molecule has 0 spiro atoms. The maximum atomic E-state index is 13.9. The molecule has 94 valence electrons. The van der Waals surface area contributed by atoms with Gasteiger partial charge in [-0.25, -0.2) is 4.39 Å². The van der Waals surface area contributed by atoms with Crippen LogP contribution in [0.15, 0.2) is 34.8 Å². The van der Waals surface area contributed by atoms with Gasteiger partial charge in [0, 0.05) is 16.1 Å². The third kappa shape index (κ3) is 4.25. The number of halogens is 2. The molecular formula is C14H19BrFN. The maximum absolute atomic E-state index is 13.9. The first-order valence-electron chi connectivity index (χ1n) is 5.93. The van der Waals surface area contributed by atoms with Crippen molar-refractivity contribution in [3.8, 4) is 0 Å². The van der Waals surface area contributed by atoms with E-state index in [9.17, 15) is 4.39 Å². The summed E-state index contributed by atoms with van der Waals surface area (Å²) in [6, 6.07) is 5.22. The van der Waals surface area contributed by atoms with Crippen LogP contribution in [-0.2, 0) is 0 Å². The standard InChI is InChI=1S/C14H19BrFN/c1-4-10(3)8-14(17-5-2)12-7-6-11(15)9-13(12)16/h6-7,9,14,17H,3-5,8H2,1-2H3. The summed E-state index contributed by atoms with van der Waals surface area (Å²) < 4.78 is 14.6. The van der Waals surface area contributed by atoms with Gasteiger partial charge in [0.1, 0.15) is 5.82 Å². The molecule has 0 bridgehead atoms. The summed E-state index contributed by atoms with van der Waals surface area (Å²) in [5, 5.41) is 3.31. The highest BCUT2D eigenvalue weighted by atomic mass is 79.9. The van der Waals surface area contributed by atoms with E-state index in [1.807, 2.05) is 19.1 Å². The van der Waals surface area contributed by atoms with E-state index in [4.69, 9.17) is 0 Å². The zero-order chi connectivity index (χ0) is 12.8. The molecule has 0 fully saturated rings. The Morgan fingerprint density at radius 2 is 2.18 bits per heavy atom. The van der Waals surface area contributed by atoms with Gasteiger partial charge in [-0.2, -0.15) is 0 Å². The van der Waals surface area contributed by atoms with Crippen LogP contribution in [0.25, 0.3) is 0 Å². The number of nitrogens with one attached hydrogen (secondary N) is 1. The summed E-state index contributed by atoms with van der Waals surface area (Å²) in [6.45, 7) is 8.91. The van der Waals surface area contributed by atoms with Gasteiger partial charge >= 0.3 is 0 Å². The zero-order valence-corrected chi connectivity index (χ0v) is 12.0. The minimum atomic E-state index is -0.172. The van der Waals surface area contributed by atoms with Crippen molar-refractivity contribution in [3.63, 3.8) is 0 Å². The van der Waals surface area contributed by atoms with Gasteiger partial charge in [-0.3, -0.25) is 0 Å². The molecule has 0 saturated carbocycles. The minimum absolute atomic E-state index is 0.0144. The van der Waals surface area contributed by atoms with Gasteiger partial charge in [-0.1, -0.05) is 48.0 Å². The van der Waals surface area contributed by atoms with Crippen LogP contribution in [0.5, 0.6) is 0 Å². The fraction of sp³-hybridized carbons (Fsp3) is 0.429. The Labute approximate surface area is 111 Å². The largest absolute Gasteiger partial charge is 0.310 e. The Bertz CT molecular complexity index is 390. The molecule has 0 aliphatic carbocycles. The van der Waals surface area contributed by atoms with Crippen molar-refractivity contribution in [2.45, 2.75) is 32.7 Å². The van der Waals surface area contributed by atoms with E-state index in [1.54, 1.807) is 0 Å². The van der Waals surface area contributed by atoms with Gasteiger partial charge in [-0.15, -0.1) is 0 Å². The first-order chi connectivity index (χ1) is 8.08. The molecule has 0 aliphatic rings. The van der Waals surface area contributed by atoms with Crippen molar-refractivity contribution in [3.05, 3.63) is 46.2 Å². The average molecular weight is 300 g/mol. The van der Waals surface area contributed by atoms with E-state index < -0.39 is 0 Å². The van der Waals surface area contributed by atoms with E-state index in [0.29, 0.717) is 5.56 Å². The number of hydrogen-bond acceptors (Lipinski definition) is 1. The smallest absolute Gasteiger partial charge is 0.129 e. The second-order valence-electron chi connectivity index (χ2n) is 4.08. The third-order valence-corrected chi connectivity index (χ3v) is 3.27. The third-order valence-electron chi connectivity index (χ3n) is 2.78. The number of benzene rings is 1. The Morgan fingerprint density at radius 1 is 1.47 bits per heavy atom. The second-order valence-corrected chi connectivity index (χ2v) is 5.00. The summed E-state index contributed by atoms with van der Waals surface area (Å²) in [5.74, 6) is -0.172. The molecular weight excluding hydrogens is 281 g/mol. The molecule has 0 radical (unpaired) electrons. The molecule has 1 rings (SSSR count). The quantitative estimate of drug-likeness (QED) is 0.757. The first kappa shape index (κ1) is 14.4. The van der Waals surface area contributed by atoms with Crippen molar-refractivity contribution >= 4 is 15.9 Å². The summed E-state index contributed by atoms with van der Waals surface area (Å²) in [7, 11) is 0. The van der Waals surface area contributed by atoms with Crippen LogP contribution in [0.4, 0.5) is 4.39 Å². The van der Waals surface area contributed by atoms with Crippen molar-refractivity contribution in [1.29, 1.82) is 0 Å². The van der Waals surface area contributed by atoms with Gasteiger partial charge in [-0.05, 0) is 31.5 Å². The van der Waals surface area contributed by atoms with E-state index in [-0.39, 0.29) is 11.9 Å². The Morgan fingerprint density at radius 3 is 2.71 bits per heavy atom.